The Kier molecular flexibility index (Phi) is 3.92. The molecular weight excluding hydrogens is 340 g/mol. The maximum Gasteiger partial charge on any atom is 0.235 e. The Morgan fingerprint density at radius 1 is 1.00 bits per heavy atom. The lowest BCUT2D eigenvalue weighted by atomic mass is 9.90. The third-order valence-electron chi connectivity index (χ3n) is 4.71. The van der Waals surface area contributed by atoms with Crippen molar-refractivity contribution in [2.24, 2.45) is 0 Å². The van der Waals surface area contributed by atoms with Crippen LogP contribution in [0, 0.1) is 6.92 Å². The predicted octanol–water partition coefficient (Wildman–Crippen LogP) is 3.96. The van der Waals surface area contributed by atoms with Gasteiger partial charge >= 0.3 is 0 Å². The van der Waals surface area contributed by atoms with Gasteiger partial charge in [-0.3, -0.25) is 14.4 Å². The number of aromatic nitrogens is 1. The monoisotopic (exact) mass is 356 g/mol. The van der Waals surface area contributed by atoms with Crippen molar-refractivity contribution in [3.63, 3.8) is 0 Å². The normalized spacial score (nSPS) is 13.3. The number of benzene rings is 2. The molecule has 1 N–H and O–H groups in total. The van der Waals surface area contributed by atoms with Gasteiger partial charge in [-0.2, -0.15) is 0 Å². The van der Waals surface area contributed by atoms with Gasteiger partial charge in [0.15, 0.2) is 5.78 Å². The van der Waals surface area contributed by atoms with Crippen LogP contribution in [0.5, 0.6) is 0 Å². The Morgan fingerprint density at radius 2 is 1.70 bits per heavy atom. The number of ketones is 3. The van der Waals surface area contributed by atoms with Gasteiger partial charge < -0.3 is 5.32 Å². The van der Waals surface area contributed by atoms with Gasteiger partial charge in [-0.15, -0.1) is 0 Å². The summed E-state index contributed by atoms with van der Waals surface area (Å²) in [4.78, 5) is 41.4. The Morgan fingerprint density at radius 3 is 2.48 bits per heavy atom. The largest absolute Gasteiger partial charge is 0.353 e. The minimum Gasteiger partial charge on any atom is -0.353 e. The Bertz CT molecular complexity index is 1180. The van der Waals surface area contributed by atoms with E-state index in [1.165, 1.54) is 13.0 Å². The first-order valence-electron chi connectivity index (χ1n) is 8.54. The third kappa shape index (κ3) is 2.73. The minimum atomic E-state index is -0.606. The summed E-state index contributed by atoms with van der Waals surface area (Å²) < 4.78 is 0. The van der Waals surface area contributed by atoms with Crippen LogP contribution in [0.2, 0.25) is 0 Å². The highest BCUT2D eigenvalue weighted by Gasteiger charge is 2.30. The predicted molar refractivity (Wildman–Crippen MR) is 104 cm³/mol. The average molecular weight is 356 g/mol. The molecule has 0 saturated carbocycles. The summed E-state index contributed by atoms with van der Waals surface area (Å²) in [7, 11) is 0. The number of carbonyl (C=O) groups is 3. The fourth-order valence-electron chi connectivity index (χ4n) is 3.38. The number of carbonyl (C=O) groups excluding carboxylic acids is 3. The highest BCUT2D eigenvalue weighted by molar-refractivity contribution is 6.51. The summed E-state index contributed by atoms with van der Waals surface area (Å²) in [5.41, 5.74) is 3.68. The fourth-order valence-corrected chi connectivity index (χ4v) is 3.38. The molecular formula is C22H16N2O3. The van der Waals surface area contributed by atoms with Gasteiger partial charge in [-0.1, -0.05) is 30.3 Å². The summed E-state index contributed by atoms with van der Waals surface area (Å²) in [6.07, 6.45) is 1.25. The molecule has 0 amide bonds. The molecule has 1 heterocycles. The Labute approximate surface area is 155 Å². The number of hydrogen-bond donors (Lipinski definition) is 1. The van der Waals surface area contributed by atoms with E-state index in [1.54, 1.807) is 24.3 Å². The molecule has 0 bridgehead atoms. The van der Waals surface area contributed by atoms with Crippen LogP contribution in [-0.2, 0) is 4.79 Å². The average Bonchev–Trinajstić information content (AvgIpc) is 2.66. The molecule has 0 fully saturated rings. The first kappa shape index (κ1) is 16.8. The van der Waals surface area contributed by atoms with Gasteiger partial charge in [0.25, 0.3) is 0 Å². The summed E-state index contributed by atoms with van der Waals surface area (Å²) >= 11 is 0. The third-order valence-corrected chi connectivity index (χ3v) is 4.71. The van der Waals surface area contributed by atoms with E-state index < -0.39 is 11.6 Å². The zero-order chi connectivity index (χ0) is 19.1. The highest BCUT2D eigenvalue weighted by atomic mass is 16.2. The molecule has 0 unspecified atom stereocenters. The van der Waals surface area contributed by atoms with Crippen molar-refractivity contribution in [3.8, 4) is 0 Å². The summed E-state index contributed by atoms with van der Waals surface area (Å²) in [6.45, 7) is 3.30. The highest BCUT2D eigenvalue weighted by Crippen LogP contribution is 2.32. The molecule has 1 aromatic heterocycles. The van der Waals surface area contributed by atoms with Crippen molar-refractivity contribution in [2.45, 2.75) is 13.8 Å². The van der Waals surface area contributed by atoms with Gasteiger partial charge in [-0.25, -0.2) is 4.98 Å². The lowest BCUT2D eigenvalue weighted by Gasteiger charge is -2.21. The van der Waals surface area contributed by atoms with E-state index in [2.05, 4.69) is 10.3 Å². The second-order valence-corrected chi connectivity index (χ2v) is 6.46. The van der Waals surface area contributed by atoms with Crippen molar-refractivity contribution >= 4 is 39.6 Å². The van der Waals surface area contributed by atoms with Gasteiger partial charge in [0.1, 0.15) is 0 Å². The van der Waals surface area contributed by atoms with E-state index in [0.717, 1.165) is 16.5 Å². The zero-order valence-electron chi connectivity index (χ0n) is 14.9. The standard InChI is InChI=1S/C22H16N2O3/c1-12-14-7-3-5-9-16(14)24-21-18(11-19(26)22(27)20(12)21)23-17-10-6-4-8-15(17)13(2)25/h3-11,23H,1-2H3. The van der Waals surface area contributed by atoms with E-state index in [0.29, 0.717) is 28.2 Å². The molecule has 5 nitrogen and oxygen atoms in total. The summed E-state index contributed by atoms with van der Waals surface area (Å²) in [5.74, 6) is -1.27. The van der Waals surface area contributed by atoms with Crippen molar-refractivity contribution < 1.29 is 14.4 Å². The maximum atomic E-state index is 12.5. The number of pyridine rings is 1. The Hall–Kier alpha value is -3.60. The number of para-hydroxylation sites is 2. The number of Topliss-reactive ketones (excluding diaryl/α,β-unsaturated/α-hetero) is 2. The first-order valence-corrected chi connectivity index (χ1v) is 8.54. The van der Waals surface area contributed by atoms with E-state index >= 15 is 0 Å². The number of allylic oxidation sites excluding steroid dienone is 1. The fraction of sp³-hybridized carbons (Fsp3) is 0.0909. The molecule has 2 aromatic carbocycles. The molecule has 1 aliphatic carbocycles. The molecule has 27 heavy (non-hydrogen) atoms. The lowest BCUT2D eigenvalue weighted by Crippen LogP contribution is -2.24. The van der Waals surface area contributed by atoms with Crippen LogP contribution in [0.1, 0.15) is 38.9 Å². The van der Waals surface area contributed by atoms with Crippen LogP contribution in [0.4, 0.5) is 5.69 Å². The van der Waals surface area contributed by atoms with E-state index in [-0.39, 0.29) is 5.78 Å². The molecule has 0 aliphatic heterocycles. The zero-order valence-corrected chi connectivity index (χ0v) is 14.9. The molecule has 5 heteroatoms. The van der Waals surface area contributed by atoms with Crippen LogP contribution in [0.15, 0.2) is 54.6 Å². The SMILES string of the molecule is CC(=O)c1ccccc1NC1=CC(=O)C(=O)c2c1nc1ccccc1c2C. The quantitative estimate of drug-likeness (QED) is 0.568. The lowest BCUT2D eigenvalue weighted by molar-refractivity contribution is -0.111. The number of fused-ring (bicyclic) bond motifs is 2. The van der Waals surface area contributed by atoms with Gasteiger partial charge in [0.2, 0.25) is 11.6 Å². The van der Waals surface area contributed by atoms with Crippen LogP contribution < -0.4 is 5.32 Å². The second-order valence-electron chi connectivity index (χ2n) is 6.46. The Balaban J connectivity index is 1.92. The molecule has 0 atom stereocenters. The van der Waals surface area contributed by atoms with Gasteiger partial charge in [0.05, 0.1) is 22.5 Å². The number of anilines is 1. The number of nitrogens with one attached hydrogen (secondary N) is 1. The van der Waals surface area contributed by atoms with Crippen molar-refractivity contribution in [1.82, 2.24) is 4.98 Å². The first-order chi connectivity index (χ1) is 13.0. The number of nitrogens with zero attached hydrogens (tertiary/aromatic N) is 1. The maximum absolute atomic E-state index is 12.5. The molecule has 132 valence electrons. The van der Waals surface area contributed by atoms with Crippen molar-refractivity contribution in [3.05, 3.63) is 77.0 Å². The van der Waals surface area contributed by atoms with E-state index in [1.807, 2.05) is 31.2 Å². The van der Waals surface area contributed by atoms with Crippen molar-refractivity contribution in [2.75, 3.05) is 5.32 Å². The molecule has 1 aliphatic rings. The van der Waals surface area contributed by atoms with Gasteiger partial charge in [-0.05, 0) is 37.6 Å². The minimum absolute atomic E-state index is 0.0974. The van der Waals surface area contributed by atoms with Crippen molar-refractivity contribution in [1.29, 1.82) is 0 Å². The number of hydrogen-bond acceptors (Lipinski definition) is 5. The van der Waals surface area contributed by atoms with E-state index in [9.17, 15) is 14.4 Å². The summed E-state index contributed by atoms with van der Waals surface area (Å²) in [6, 6.07) is 14.5. The summed E-state index contributed by atoms with van der Waals surface area (Å²) in [5, 5.41) is 3.97. The van der Waals surface area contributed by atoms with Crippen LogP contribution in [0.3, 0.4) is 0 Å². The van der Waals surface area contributed by atoms with E-state index in [4.69, 9.17) is 0 Å². The van der Waals surface area contributed by atoms with Crippen LogP contribution in [0.25, 0.3) is 16.6 Å². The molecule has 0 saturated heterocycles. The van der Waals surface area contributed by atoms with Gasteiger partial charge in [0, 0.05) is 22.7 Å². The second kappa shape index (κ2) is 6.29. The van der Waals surface area contributed by atoms with Crippen LogP contribution >= 0.6 is 0 Å². The molecule has 0 radical (unpaired) electrons. The van der Waals surface area contributed by atoms with Crippen LogP contribution in [-0.4, -0.2) is 22.3 Å². The molecule has 3 aromatic rings. The molecule has 4 rings (SSSR count). The topological polar surface area (TPSA) is 76.1 Å². The smallest absolute Gasteiger partial charge is 0.235 e. The number of rotatable bonds is 3. The number of aryl methyl sites for hydroxylation is 1. The molecule has 0 spiro atoms.